The second kappa shape index (κ2) is 7.89. The number of pyridine rings is 1. The molecule has 0 spiro atoms. The highest BCUT2D eigenvalue weighted by Crippen LogP contribution is 2.25. The topological polar surface area (TPSA) is 101 Å². The zero-order chi connectivity index (χ0) is 19.6. The molecule has 7 nitrogen and oxygen atoms in total. The number of aromatic nitrogens is 2. The Labute approximate surface area is 165 Å². The minimum absolute atomic E-state index is 0.0173. The van der Waals surface area contributed by atoms with E-state index in [0.717, 1.165) is 5.56 Å². The van der Waals surface area contributed by atoms with Crippen molar-refractivity contribution in [3.63, 3.8) is 0 Å². The number of thiazole rings is 1. The van der Waals surface area contributed by atoms with Crippen LogP contribution < -0.4 is 10.0 Å². The molecule has 142 valence electrons. The third-order valence-electron chi connectivity index (χ3n) is 3.75. The maximum atomic E-state index is 12.4. The van der Waals surface area contributed by atoms with Crippen molar-refractivity contribution in [2.75, 3.05) is 11.9 Å². The maximum absolute atomic E-state index is 12.4. The van der Waals surface area contributed by atoms with Crippen LogP contribution in [-0.2, 0) is 14.8 Å². The fourth-order valence-electron chi connectivity index (χ4n) is 2.40. The number of rotatable bonds is 6. The Bertz CT molecular complexity index is 1110. The predicted octanol–water partition coefficient (Wildman–Crippen LogP) is 3.27. The minimum Gasteiger partial charge on any atom is -0.302 e. The monoisotopic (exact) mass is 424 g/mol. The van der Waals surface area contributed by atoms with Gasteiger partial charge in [0.25, 0.3) is 0 Å². The fourth-order valence-corrected chi connectivity index (χ4v) is 4.81. The van der Waals surface area contributed by atoms with Crippen molar-refractivity contribution >= 4 is 54.3 Å². The molecule has 2 heterocycles. The van der Waals surface area contributed by atoms with Crippen molar-refractivity contribution in [2.45, 2.75) is 25.2 Å². The second-order valence-corrected chi connectivity index (χ2v) is 9.04. The lowest BCUT2D eigenvalue weighted by atomic mass is 10.2. The van der Waals surface area contributed by atoms with E-state index in [1.807, 2.05) is 13.0 Å². The summed E-state index contributed by atoms with van der Waals surface area (Å²) in [5, 5.41) is 3.39. The van der Waals surface area contributed by atoms with Gasteiger partial charge in [-0.2, -0.15) is 0 Å². The molecule has 0 aliphatic heterocycles. The lowest BCUT2D eigenvalue weighted by molar-refractivity contribution is -0.116. The Hall–Kier alpha value is -2.07. The number of nitrogens with one attached hydrogen (secondary N) is 2. The summed E-state index contributed by atoms with van der Waals surface area (Å²) in [7, 11) is -3.67. The standard InChI is InChI=1S/C17H17ClN4O3S2/c1-10-3-4-11(2)13(9-10)27(24,25)19-8-7-15(23)22-17-20-12-5-6-14(18)21-16(12)26-17/h3-6,9,19H,7-8H2,1-2H3,(H,20,22,23). The molecule has 3 aromatic rings. The molecule has 3 rings (SSSR count). The molecule has 0 aliphatic carbocycles. The highest BCUT2D eigenvalue weighted by molar-refractivity contribution is 7.89. The van der Waals surface area contributed by atoms with Crippen LogP contribution in [0, 0.1) is 13.8 Å². The van der Waals surface area contributed by atoms with Crippen LogP contribution in [-0.4, -0.2) is 30.8 Å². The number of anilines is 1. The van der Waals surface area contributed by atoms with E-state index in [-0.39, 0.29) is 23.8 Å². The first-order valence-electron chi connectivity index (χ1n) is 8.04. The molecule has 2 aromatic heterocycles. The molecular weight excluding hydrogens is 408 g/mol. The van der Waals surface area contributed by atoms with Gasteiger partial charge in [-0.25, -0.2) is 23.1 Å². The number of hydrogen-bond acceptors (Lipinski definition) is 6. The molecule has 0 aliphatic rings. The molecule has 27 heavy (non-hydrogen) atoms. The number of nitrogens with zero attached hydrogens (tertiary/aromatic N) is 2. The fraction of sp³-hybridized carbons (Fsp3) is 0.235. The number of aryl methyl sites for hydroxylation is 2. The molecule has 1 aromatic carbocycles. The molecule has 0 bridgehead atoms. The summed E-state index contributed by atoms with van der Waals surface area (Å²) in [6, 6.07) is 8.55. The third-order valence-corrected chi connectivity index (χ3v) is 6.44. The van der Waals surface area contributed by atoms with E-state index >= 15 is 0 Å². The van der Waals surface area contributed by atoms with E-state index in [0.29, 0.717) is 26.2 Å². The summed E-state index contributed by atoms with van der Waals surface area (Å²) in [6.45, 7) is 3.54. The van der Waals surface area contributed by atoms with Crippen LogP contribution in [0.1, 0.15) is 17.5 Å². The molecule has 1 amide bonds. The van der Waals surface area contributed by atoms with Crippen LogP contribution in [0.5, 0.6) is 0 Å². The molecule has 0 fully saturated rings. The largest absolute Gasteiger partial charge is 0.302 e. The average Bonchev–Trinajstić information content (AvgIpc) is 2.97. The molecule has 0 atom stereocenters. The van der Waals surface area contributed by atoms with Gasteiger partial charge in [-0.1, -0.05) is 35.1 Å². The van der Waals surface area contributed by atoms with E-state index in [1.54, 1.807) is 31.2 Å². The van der Waals surface area contributed by atoms with Gasteiger partial charge in [0.1, 0.15) is 15.5 Å². The molecule has 0 radical (unpaired) electrons. The van der Waals surface area contributed by atoms with Crippen molar-refractivity contribution in [3.8, 4) is 0 Å². The van der Waals surface area contributed by atoms with Crippen LogP contribution in [0.4, 0.5) is 5.13 Å². The lowest BCUT2D eigenvalue weighted by Crippen LogP contribution is -2.28. The van der Waals surface area contributed by atoms with Gasteiger partial charge in [-0.15, -0.1) is 0 Å². The first-order chi connectivity index (χ1) is 12.7. The van der Waals surface area contributed by atoms with Gasteiger partial charge < -0.3 is 5.32 Å². The zero-order valence-corrected chi connectivity index (χ0v) is 17.0. The normalized spacial score (nSPS) is 11.7. The summed E-state index contributed by atoms with van der Waals surface area (Å²) in [6.07, 6.45) is -0.0196. The number of amides is 1. The van der Waals surface area contributed by atoms with Gasteiger partial charge in [0.15, 0.2) is 5.13 Å². The predicted molar refractivity (Wildman–Crippen MR) is 107 cm³/mol. The highest BCUT2D eigenvalue weighted by Gasteiger charge is 2.17. The van der Waals surface area contributed by atoms with Gasteiger partial charge in [-0.3, -0.25) is 4.79 Å². The smallest absolute Gasteiger partial charge is 0.240 e. The Morgan fingerprint density at radius 1 is 1.19 bits per heavy atom. The molecule has 2 N–H and O–H groups in total. The maximum Gasteiger partial charge on any atom is 0.240 e. The SMILES string of the molecule is Cc1ccc(C)c(S(=O)(=O)NCCC(=O)Nc2nc3ccc(Cl)nc3s2)c1. The zero-order valence-electron chi connectivity index (χ0n) is 14.6. The van der Waals surface area contributed by atoms with E-state index < -0.39 is 10.0 Å². The Balaban J connectivity index is 1.59. The number of carbonyl (C=O) groups excluding carboxylic acids is 1. The Morgan fingerprint density at radius 3 is 2.74 bits per heavy atom. The van der Waals surface area contributed by atoms with Crippen LogP contribution >= 0.6 is 22.9 Å². The van der Waals surface area contributed by atoms with E-state index in [2.05, 4.69) is 20.0 Å². The molecule has 0 unspecified atom stereocenters. The Kier molecular flexibility index (Phi) is 5.75. The number of benzene rings is 1. The van der Waals surface area contributed by atoms with E-state index in [4.69, 9.17) is 11.6 Å². The van der Waals surface area contributed by atoms with Crippen molar-refractivity contribution in [3.05, 3.63) is 46.6 Å². The Morgan fingerprint density at radius 2 is 1.96 bits per heavy atom. The summed E-state index contributed by atoms with van der Waals surface area (Å²) in [5.74, 6) is -0.344. The summed E-state index contributed by atoms with van der Waals surface area (Å²) in [5.41, 5.74) is 2.14. The van der Waals surface area contributed by atoms with E-state index in [1.165, 1.54) is 11.3 Å². The molecular formula is C17H17ClN4O3S2. The van der Waals surface area contributed by atoms with Gasteiger partial charge in [0, 0.05) is 13.0 Å². The molecule has 10 heteroatoms. The number of carbonyl (C=O) groups is 1. The number of hydrogen-bond donors (Lipinski definition) is 2. The minimum atomic E-state index is -3.67. The third kappa shape index (κ3) is 4.81. The second-order valence-electron chi connectivity index (χ2n) is 5.94. The van der Waals surface area contributed by atoms with Crippen LogP contribution in [0.3, 0.4) is 0 Å². The van der Waals surface area contributed by atoms with Gasteiger partial charge in [0.2, 0.25) is 15.9 Å². The first kappa shape index (κ1) is 19.7. The first-order valence-corrected chi connectivity index (χ1v) is 10.7. The lowest BCUT2D eigenvalue weighted by Gasteiger charge is -2.10. The number of halogens is 1. The van der Waals surface area contributed by atoms with Crippen LogP contribution in [0.25, 0.3) is 10.3 Å². The summed E-state index contributed by atoms with van der Waals surface area (Å²) in [4.78, 5) is 21.3. The molecule has 0 saturated heterocycles. The number of fused-ring (bicyclic) bond motifs is 1. The quantitative estimate of drug-likeness (QED) is 0.591. The van der Waals surface area contributed by atoms with Crippen molar-refractivity contribution < 1.29 is 13.2 Å². The number of sulfonamides is 1. The molecule has 0 saturated carbocycles. The summed E-state index contributed by atoms with van der Waals surface area (Å²) < 4.78 is 27.3. The van der Waals surface area contributed by atoms with Gasteiger partial charge in [0.05, 0.1) is 4.90 Å². The van der Waals surface area contributed by atoms with Gasteiger partial charge >= 0.3 is 0 Å². The van der Waals surface area contributed by atoms with E-state index in [9.17, 15) is 13.2 Å². The van der Waals surface area contributed by atoms with Crippen molar-refractivity contribution in [1.82, 2.24) is 14.7 Å². The van der Waals surface area contributed by atoms with Crippen molar-refractivity contribution in [1.29, 1.82) is 0 Å². The van der Waals surface area contributed by atoms with Crippen LogP contribution in [0.15, 0.2) is 35.2 Å². The van der Waals surface area contributed by atoms with Crippen LogP contribution in [0.2, 0.25) is 5.15 Å². The van der Waals surface area contributed by atoms with Crippen molar-refractivity contribution in [2.24, 2.45) is 0 Å². The summed E-state index contributed by atoms with van der Waals surface area (Å²) >= 11 is 7.03. The highest BCUT2D eigenvalue weighted by atomic mass is 35.5. The van der Waals surface area contributed by atoms with Gasteiger partial charge in [-0.05, 0) is 43.2 Å². The average molecular weight is 425 g/mol.